The van der Waals surface area contributed by atoms with Gasteiger partial charge in [0.05, 0.1) is 0 Å². The van der Waals surface area contributed by atoms with Crippen molar-refractivity contribution in [1.29, 1.82) is 0 Å². The van der Waals surface area contributed by atoms with E-state index in [0.29, 0.717) is 17.8 Å². The highest BCUT2D eigenvalue weighted by atomic mass is 79.9. The van der Waals surface area contributed by atoms with Crippen LogP contribution in [-0.2, 0) is 6.54 Å². The van der Waals surface area contributed by atoms with Crippen LogP contribution in [-0.4, -0.2) is 10.9 Å². The number of anilines is 1. The number of nitrogens with zero attached hydrogens (tertiary/aromatic N) is 1. The minimum absolute atomic E-state index is 0.138. The quantitative estimate of drug-likeness (QED) is 0.855. The summed E-state index contributed by atoms with van der Waals surface area (Å²) in [6.07, 6.45) is 1.76. The van der Waals surface area contributed by atoms with E-state index in [4.69, 9.17) is 5.73 Å². The van der Waals surface area contributed by atoms with Gasteiger partial charge in [0, 0.05) is 34.2 Å². The Balaban J connectivity index is 2.01. The number of carbonyl (C=O) groups is 1. The van der Waals surface area contributed by atoms with Gasteiger partial charge in [-0.3, -0.25) is 9.78 Å². The van der Waals surface area contributed by atoms with Gasteiger partial charge in [-0.25, -0.2) is 0 Å². The minimum Gasteiger partial charge on any atom is -0.398 e. The van der Waals surface area contributed by atoms with Crippen molar-refractivity contribution in [2.24, 2.45) is 0 Å². The number of pyridine rings is 1. The zero-order chi connectivity index (χ0) is 13.8. The molecular weight excluding hydrogens is 306 g/mol. The molecule has 3 N–H and O–H groups in total. The zero-order valence-electron chi connectivity index (χ0n) is 10.5. The molecule has 98 valence electrons. The molecule has 0 unspecified atom stereocenters. The highest BCUT2D eigenvalue weighted by Gasteiger charge is 2.07. The summed E-state index contributed by atoms with van der Waals surface area (Å²) in [5.41, 5.74) is 8.78. The lowest BCUT2D eigenvalue weighted by atomic mass is 10.2. The number of amides is 1. The maximum atomic E-state index is 12.0. The summed E-state index contributed by atoms with van der Waals surface area (Å²) in [6, 6.07) is 8.97. The van der Waals surface area contributed by atoms with Crippen molar-refractivity contribution in [1.82, 2.24) is 10.3 Å². The van der Waals surface area contributed by atoms with Crippen LogP contribution in [0.5, 0.6) is 0 Å². The molecule has 0 saturated heterocycles. The van der Waals surface area contributed by atoms with Gasteiger partial charge in [0.2, 0.25) is 0 Å². The Morgan fingerprint density at radius 2 is 2.16 bits per heavy atom. The molecule has 1 heterocycles. The fourth-order valence-electron chi connectivity index (χ4n) is 1.56. The van der Waals surface area contributed by atoms with Crippen LogP contribution in [0.25, 0.3) is 0 Å². The predicted octanol–water partition coefficient (Wildman–Crippen LogP) is 2.66. The number of aromatic nitrogens is 1. The number of halogens is 1. The second-order valence-corrected chi connectivity index (χ2v) is 5.08. The normalized spacial score (nSPS) is 10.2. The van der Waals surface area contributed by atoms with Crippen molar-refractivity contribution in [2.45, 2.75) is 13.5 Å². The largest absolute Gasteiger partial charge is 0.398 e. The van der Waals surface area contributed by atoms with E-state index in [9.17, 15) is 4.79 Å². The van der Waals surface area contributed by atoms with Gasteiger partial charge in [0.25, 0.3) is 5.91 Å². The van der Waals surface area contributed by atoms with E-state index >= 15 is 0 Å². The molecule has 0 spiro atoms. The van der Waals surface area contributed by atoms with Gasteiger partial charge in [-0.2, -0.15) is 0 Å². The number of aryl methyl sites for hydroxylation is 1. The molecule has 4 nitrogen and oxygen atoms in total. The summed E-state index contributed by atoms with van der Waals surface area (Å²) in [4.78, 5) is 16.1. The maximum Gasteiger partial charge on any atom is 0.251 e. The summed E-state index contributed by atoms with van der Waals surface area (Å²) in [5, 5.41) is 2.84. The molecule has 1 aromatic carbocycles. The van der Waals surface area contributed by atoms with Crippen LogP contribution in [0.2, 0.25) is 0 Å². The number of benzene rings is 1. The Hall–Kier alpha value is -1.88. The SMILES string of the molecule is Cc1ccc(CNC(=O)c2ccc(N)c(Br)c2)cn1. The molecule has 0 aliphatic heterocycles. The molecule has 2 aromatic rings. The van der Waals surface area contributed by atoms with E-state index < -0.39 is 0 Å². The van der Waals surface area contributed by atoms with E-state index in [1.165, 1.54) is 0 Å². The maximum absolute atomic E-state index is 12.0. The van der Waals surface area contributed by atoms with Crippen molar-refractivity contribution in [2.75, 3.05) is 5.73 Å². The van der Waals surface area contributed by atoms with Crippen LogP contribution < -0.4 is 11.1 Å². The smallest absolute Gasteiger partial charge is 0.251 e. The molecule has 0 fully saturated rings. The Morgan fingerprint density at radius 3 is 2.79 bits per heavy atom. The van der Waals surface area contributed by atoms with Crippen LogP contribution in [0.1, 0.15) is 21.6 Å². The van der Waals surface area contributed by atoms with E-state index in [1.54, 1.807) is 24.4 Å². The van der Waals surface area contributed by atoms with Gasteiger partial charge in [-0.15, -0.1) is 0 Å². The molecule has 0 aliphatic carbocycles. The molecule has 0 atom stereocenters. The summed E-state index contributed by atoms with van der Waals surface area (Å²) in [7, 11) is 0. The van der Waals surface area contributed by atoms with Crippen LogP contribution in [0.3, 0.4) is 0 Å². The highest BCUT2D eigenvalue weighted by Crippen LogP contribution is 2.20. The van der Waals surface area contributed by atoms with E-state index in [1.807, 2.05) is 19.1 Å². The Morgan fingerprint density at radius 1 is 1.37 bits per heavy atom. The van der Waals surface area contributed by atoms with Gasteiger partial charge in [-0.05, 0) is 52.7 Å². The number of hydrogen-bond acceptors (Lipinski definition) is 3. The predicted molar refractivity (Wildman–Crippen MR) is 78.7 cm³/mol. The Bertz CT molecular complexity index is 596. The fraction of sp³-hybridized carbons (Fsp3) is 0.143. The van der Waals surface area contributed by atoms with E-state index in [0.717, 1.165) is 15.7 Å². The number of rotatable bonds is 3. The molecule has 1 amide bonds. The second-order valence-electron chi connectivity index (χ2n) is 4.23. The topological polar surface area (TPSA) is 68.0 Å². The van der Waals surface area contributed by atoms with Gasteiger partial charge in [0.15, 0.2) is 0 Å². The zero-order valence-corrected chi connectivity index (χ0v) is 12.1. The van der Waals surface area contributed by atoms with Crippen molar-refractivity contribution >= 4 is 27.5 Å². The first kappa shape index (κ1) is 13.5. The molecular formula is C14H14BrN3O. The first-order chi connectivity index (χ1) is 9.06. The lowest BCUT2D eigenvalue weighted by molar-refractivity contribution is 0.0951. The lowest BCUT2D eigenvalue weighted by Gasteiger charge is -2.06. The number of nitrogens with two attached hydrogens (primary N) is 1. The minimum atomic E-state index is -0.138. The highest BCUT2D eigenvalue weighted by molar-refractivity contribution is 9.10. The third-order valence-electron chi connectivity index (χ3n) is 2.69. The van der Waals surface area contributed by atoms with Crippen molar-refractivity contribution < 1.29 is 4.79 Å². The number of nitrogens with one attached hydrogen (secondary N) is 1. The van der Waals surface area contributed by atoms with Crippen molar-refractivity contribution in [3.05, 3.63) is 57.8 Å². The van der Waals surface area contributed by atoms with Crippen molar-refractivity contribution in [3.63, 3.8) is 0 Å². The molecule has 1 aromatic heterocycles. The molecule has 2 rings (SSSR count). The number of nitrogen functional groups attached to an aromatic ring is 1. The summed E-state index contributed by atoms with van der Waals surface area (Å²) >= 11 is 3.30. The van der Waals surface area contributed by atoms with Gasteiger partial charge in [0.1, 0.15) is 0 Å². The van der Waals surface area contributed by atoms with Gasteiger partial charge in [-0.1, -0.05) is 6.07 Å². The standard InChI is InChI=1S/C14H14BrN3O/c1-9-2-3-10(7-17-9)8-18-14(19)11-4-5-13(16)12(15)6-11/h2-7H,8,16H2,1H3,(H,18,19). The molecule has 0 radical (unpaired) electrons. The van der Waals surface area contributed by atoms with E-state index in [-0.39, 0.29) is 5.91 Å². The summed E-state index contributed by atoms with van der Waals surface area (Å²) in [5.74, 6) is -0.138. The van der Waals surface area contributed by atoms with Crippen LogP contribution >= 0.6 is 15.9 Å². The van der Waals surface area contributed by atoms with Gasteiger partial charge < -0.3 is 11.1 Å². The fourth-order valence-corrected chi connectivity index (χ4v) is 1.93. The van der Waals surface area contributed by atoms with Crippen LogP contribution in [0, 0.1) is 6.92 Å². The third kappa shape index (κ3) is 3.54. The average molecular weight is 320 g/mol. The second kappa shape index (κ2) is 5.84. The monoisotopic (exact) mass is 319 g/mol. The lowest BCUT2D eigenvalue weighted by Crippen LogP contribution is -2.22. The van der Waals surface area contributed by atoms with Crippen LogP contribution in [0.15, 0.2) is 41.0 Å². The molecule has 19 heavy (non-hydrogen) atoms. The first-order valence-electron chi connectivity index (χ1n) is 5.81. The number of carbonyl (C=O) groups excluding carboxylic acids is 1. The molecule has 5 heteroatoms. The molecule has 0 aliphatic rings. The Kier molecular flexibility index (Phi) is 4.16. The van der Waals surface area contributed by atoms with Crippen molar-refractivity contribution in [3.8, 4) is 0 Å². The average Bonchev–Trinajstić information content (AvgIpc) is 2.41. The molecule has 0 bridgehead atoms. The summed E-state index contributed by atoms with van der Waals surface area (Å²) in [6.45, 7) is 2.38. The van der Waals surface area contributed by atoms with Crippen LogP contribution in [0.4, 0.5) is 5.69 Å². The third-order valence-corrected chi connectivity index (χ3v) is 3.38. The van der Waals surface area contributed by atoms with Gasteiger partial charge >= 0.3 is 0 Å². The first-order valence-corrected chi connectivity index (χ1v) is 6.60. The molecule has 0 saturated carbocycles. The van der Waals surface area contributed by atoms with E-state index in [2.05, 4.69) is 26.2 Å². The number of hydrogen-bond donors (Lipinski definition) is 2. The summed E-state index contributed by atoms with van der Waals surface area (Å²) < 4.78 is 0.720. The Labute approximate surface area is 120 Å².